The average molecular weight is 209 g/mol. The van der Waals surface area contributed by atoms with Crippen molar-refractivity contribution in [1.29, 1.82) is 0 Å². The number of rotatable bonds is 4. The van der Waals surface area contributed by atoms with Crippen LogP contribution in [0.15, 0.2) is 18.2 Å². The maximum atomic E-state index is 10.6. The summed E-state index contributed by atoms with van der Waals surface area (Å²) in [4.78, 5) is 10.2. The molecular weight excluding hydrogens is 198 g/mol. The normalized spacial score (nSPS) is 18.6. The first-order chi connectivity index (χ1) is 7.18. The number of benzene rings is 1. The largest absolute Gasteiger partial charge is 0.490 e. The number of nitro benzene ring substituents is 1. The number of epoxide rings is 1. The van der Waals surface area contributed by atoms with Crippen molar-refractivity contribution in [3.05, 3.63) is 33.9 Å². The first-order valence-electron chi connectivity index (χ1n) is 4.67. The van der Waals surface area contributed by atoms with E-state index in [9.17, 15) is 10.1 Å². The molecule has 1 fully saturated rings. The number of ether oxygens (including phenoxy) is 2. The van der Waals surface area contributed by atoms with Crippen LogP contribution < -0.4 is 4.74 Å². The van der Waals surface area contributed by atoms with E-state index in [1.165, 1.54) is 6.07 Å². The molecule has 1 aromatic carbocycles. The van der Waals surface area contributed by atoms with Gasteiger partial charge in [0.2, 0.25) is 0 Å². The van der Waals surface area contributed by atoms with Gasteiger partial charge in [0.25, 0.3) is 5.69 Å². The highest BCUT2D eigenvalue weighted by Gasteiger charge is 2.24. The molecule has 80 valence electrons. The molecule has 1 unspecified atom stereocenters. The van der Waals surface area contributed by atoms with Crippen molar-refractivity contribution < 1.29 is 14.4 Å². The smallest absolute Gasteiger partial charge is 0.276 e. The minimum atomic E-state index is -0.407. The zero-order valence-electron chi connectivity index (χ0n) is 8.30. The Bertz CT molecular complexity index is 387. The van der Waals surface area contributed by atoms with E-state index in [0.29, 0.717) is 24.5 Å². The monoisotopic (exact) mass is 209 g/mol. The Labute approximate surface area is 86.8 Å². The molecule has 0 aromatic heterocycles. The minimum absolute atomic E-state index is 0.0872. The maximum Gasteiger partial charge on any atom is 0.276 e. The van der Waals surface area contributed by atoms with Crippen molar-refractivity contribution in [3.63, 3.8) is 0 Å². The van der Waals surface area contributed by atoms with Crippen LogP contribution in [0.3, 0.4) is 0 Å². The highest BCUT2D eigenvalue weighted by atomic mass is 16.6. The molecule has 1 aliphatic heterocycles. The van der Waals surface area contributed by atoms with E-state index in [4.69, 9.17) is 9.47 Å². The molecule has 2 rings (SSSR count). The lowest BCUT2D eigenvalue weighted by molar-refractivity contribution is -0.385. The summed E-state index contributed by atoms with van der Waals surface area (Å²) < 4.78 is 10.4. The molecule has 15 heavy (non-hydrogen) atoms. The predicted octanol–water partition coefficient (Wildman–Crippen LogP) is 1.68. The molecule has 1 saturated heterocycles. The van der Waals surface area contributed by atoms with Crippen LogP contribution in [0.25, 0.3) is 0 Å². The van der Waals surface area contributed by atoms with Crippen LogP contribution in [0, 0.1) is 17.0 Å². The fourth-order valence-corrected chi connectivity index (χ4v) is 1.30. The molecule has 0 aliphatic carbocycles. The van der Waals surface area contributed by atoms with Gasteiger partial charge >= 0.3 is 0 Å². The fourth-order valence-electron chi connectivity index (χ4n) is 1.30. The number of nitrogens with zero attached hydrogens (tertiary/aromatic N) is 1. The summed E-state index contributed by atoms with van der Waals surface area (Å²) in [6.45, 7) is 2.86. The molecule has 0 saturated carbocycles. The molecule has 5 nitrogen and oxygen atoms in total. The zero-order valence-corrected chi connectivity index (χ0v) is 8.30. The zero-order chi connectivity index (χ0) is 10.8. The van der Waals surface area contributed by atoms with Crippen LogP contribution in [0.4, 0.5) is 5.69 Å². The Balaban J connectivity index is 2.14. The average Bonchev–Trinajstić information content (AvgIpc) is 2.99. The highest BCUT2D eigenvalue weighted by Crippen LogP contribution is 2.27. The number of hydrogen-bond acceptors (Lipinski definition) is 4. The van der Waals surface area contributed by atoms with Crippen LogP contribution in [0.1, 0.15) is 5.56 Å². The lowest BCUT2D eigenvalue weighted by Gasteiger charge is -2.07. The molecular formula is C10H11NO4. The van der Waals surface area contributed by atoms with Gasteiger partial charge in [0.05, 0.1) is 17.1 Å². The van der Waals surface area contributed by atoms with E-state index in [-0.39, 0.29) is 11.8 Å². The first kappa shape index (κ1) is 9.92. The molecule has 1 aliphatic rings. The molecule has 0 spiro atoms. The quantitative estimate of drug-likeness (QED) is 0.430. The van der Waals surface area contributed by atoms with Gasteiger partial charge in [-0.3, -0.25) is 10.1 Å². The lowest BCUT2D eigenvalue weighted by atomic mass is 10.2. The van der Waals surface area contributed by atoms with Crippen LogP contribution in [0.5, 0.6) is 5.75 Å². The topological polar surface area (TPSA) is 64.9 Å². The second-order valence-corrected chi connectivity index (χ2v) is 3.42. The third kappa shape index (κ3) is 2.24. The molecule has 5 heteroatoms. The van der Waals surface area contributed by atoms with Crippen LogP contribution in [0.2, 0.25) is 0 Å². The Morgan fingerprint density at radius 3 is 3.00 bits per heavy atom. The Kier molecular flexibility index (Phi) is 2.55. The van der Waals surface area contributed by atoms with E-state index in [1.54, 1.807) is 19.1 Å². The SMILES string of the molecule is Cc1c(OCC2CO2)cccc1[N+](=O)[O-]. The van der Waals surface area contributed by atoms with E-state index >= 15 is 0 Å². The molecule has 1 atom stereocenters. The van der Waals surface area contributed by atoms with Gasteiger partial charge in [-0.25, -0.2) is 0 Å². The van der Waals surface area contributed by atoms with E-state index in [2.05, 4.69) is 0 Å². The summed E-state index contributed by atoms with van der Waals surface area (Å²) in [7, 11) is 0. The van der Waals surface area contributed by atoms with Gasteiger partial charge in [-0.2, -0.15) is 0 Å². The van der Waals surface area contributed by atoms with Crippen molar-refractivity contribution in [2.45, 2.75) is 13.0 Å². The molecule has 0 N–H and O–H groups in total. The van der Waals surface area contributed by atoms with Gasteiger partial charge in [0.1, 0.15) is 18.5 Å². The Morgan fingerprint density at radius 1 is 1.67 bits per heavy atom. The van der Waals surface area contributed by atoms with Crippen molar-refractivity contribution in [2.75, 3.05) is 13.2 Å². The predicted molar refractivity (Wildman–Crippen MR) is 53.1 cm³/mol. The van der Waals surface area contributed by atoms with E-state index < -0.39 is 4.92 Å². The van der Waals surface area contributed by atoms with Gasteiger partial charge < -0.3 is 9.47 Å². The fraction of sp³-hybridized carbons (Fsp3) is 0.400. The summed E-state index contributed by atoms with van der Waals surface area (Å²) in [5.74, 6) is 0.555. The second-order valence-electron chi connectivity index (χ2n) is 3.42. The molecule has 1 aromatic rings. The third-order valence-electron chi connectivity index (χ3n) is 2.28. The summed E-state index contributed by atoms with van der Waals surface area (Å²) in [5, 5.41) is 10.6. The number of nitro groups is 1. The van der Waals surface area contributed by atoms with Crippen molar-refractivity contribution in [2.24, 2.45) is 0 Å². The van der Waals surface area contributed by atoms with Crippen molar-refractivity contribution in [1.82, 2.24) is 0 Å². The summed E-state index contributed by atoms with van der Waals surface area (Å²) in [6, 6.07) is 4.81. The van der Waals surface area contributed by atoms with Crippen molar-refractivity contribution >= 4 is 5.69 Å². The molecule has 0 radical (unpaired) electrons. The maximum absolute atomic E-state index is 10.6. The standard InChI is InChI=1S/C10H11NO4/c1-7-9(11(12)13)3-2-4-10(7)15-6-8-5-14-8/h2-4,8H,5-6H2,1H3. The van der Waals surface area contributed by atoms with Gasteiger partial charge in [0.15, 0.2) is 0 Å². The third-order valence-corrected chi connectivity index (χ3v) is 2.28. The minimum Gasteiger partial charge on any atom is -0.490 e. The van der Waals surface area contributed by atoms with E-state index in [1.807, 2.05) is 0 Å². The summed E-state index contributed by atoms with van der Waals surface area (Å²) in [5.41, 5.74) is 0.646. The highest BCUT2D eigenvalue weighted by molar-refractivity contribution is 5.48. The second kappa shape index (κ2) is 3.86. The van der Waals surface area contributed by atoms with Crippen LogP contribution in [-0.2, 0) is 4.74 Å². The van der Waals surface area contributed by atoms with E-state index in [0.717, 1.165) is 0 Å². The van der Waals surface area contributed by atoms with Gasteiger partial charge in [-0.1, -0.05) is 6.07 Å². The van der Waals surface area contributed by atoms with Gasteiger partial charge in [-0.05, 0) is 13.0 Å². The summed E-state index contributed by atoms with van der Waals surface area (Å²) >= 11 is 0. The Hall–Kier alpha value is -1.62. The van der Waals surface area contributed by atoms with Crippen LogP contribution in [-0.4, -0.2) is 24.2 Å². The Morgan fingerprint density at radius 2 is 2.40 bits per heavy atom. The molecule has 1 heterocycles. The number of hydrogen-bond donors (Lipinski definition) is 0. The van der Waals surface area contributed by atoms with Crippen molar-refractivity contribution in [3.8, 4) is 5.75 Å². The van der Waals surface area contributed by atoms with Gasteiger partial charge in [0, 0.05) is 6.07 Å². The molecule has 0 amide bonds. The summed E-state index contributed by atoms with van der Waals surface area (Å²) in [6.07, 6.45) is 0.156. The lowest BCUT2D eigenvalue weighted by Crippen LogP contribution is -2.05. The van der Waals surface area contributed by atoms with Gasteiger partial charge in [-0.15, -0.1) is 0 Å². The molecule has 0 bridgehead atoms. The first-order valence-corrected chi connectivity index (χ1v) is 4.67. The van der Waals surface area contributed by atoms with Crippen LogP contribution >= 0.6 is 0 Å².